The fraction of sp³-hybridized carbons (Fsp3) is 0.300. The maximum atomic E-state index is 11.5. The van der Waals surface area contributed by atoms with E-state index < -0.39 is 11.0 Å². The molecular weight excluding hydrogens is 198 g/mol. The van der Waals surface area contributed by atoms with Gasteiger partial charge in [0.1, 0.15) is 0 Å². The Bertz CT molecular complexity index is 411. The lowest BCUT2D eigenvalue weighted by molar-refractivity contribution is 0.566. The second-order valence-corrected chi connectivity index (χ2v) is 4.25. The quantitative estimate of drug-likeness (QED) is 0.552. The van der Waals surface area contributed by atoms with E-state index in [1.807, 2.05) is 32.9 Å². The van der Waals surface area contributed by atoms with Crippen molar-refractivity contribution in [3.05, 3.63) is 28.8 Å². The second kappa shape index (κ2) is 4.31. The predicted molar refractivity (Wildman–Crippen MR) is 55.2 cm³/mol. The summed E-state index contributed by atoms with van der Waals surface area (Å²) in [6, 6.07) is 3.83. The van der Waals surface area contributed by atoms with E-state index in [4.69, 9.17) is 0 Å². The van der Waals surface area contributed by atoms with Gasteiger partial charge in [-0.25, -0.2) is 9.00 Å². The van der Waals surface area contributed by atoms with Crippen molar-refractivity contribution < 1.29 is 9.00 Å². The maximum Gasteiger partial charge on any atom is 0.250 e. The SMILES string of the molecule is Cc1cc(C)c(S(=O)N=C=O)c(C)c1. The standard InChI is InChI=1S/C10H11NO2S/c1-7-4-8(2)10(9(3)5-7)14(13)11-6-12/h4-5H,1-3H3. The normalized spacial score (nSPS) is 11.9. The molecule has 1 aromatic carbocycles. The minimum Gasteiger partial charge on any atom is -0.229 e. The molecule has 14 heavy (non-hydrogen) atoms. The van der Waals surface area contributed by atoms with E-state index in [-0.39, 0.29) is 0 Å². The van der Waals surface area contributed by atoms with Crippen LogP contribution in [0.2, 0.25) is 0 Å². The molecule has 0 saturated heterocycles. The lowest BCUT2D eigenvalue weighted by Crippen LogP contribution is -1.96. The van der Waals surface area contributed by atoms with Gasteiger partial charge in [-0.15, -0.1) is 0 Å². The molecule has 1 atom stereocenters. The first-order valence-electron chi connectivity index (χ1n) is 4.14. The van der Waals surface area contributed by atoms with Gasteiger partial charge in [0.2, 0.25) is 6.08 Å². The summed E-state index contributed by atoms with van der Waals surface area (Å²) in [7, 11) is -1.61. The fourth-order valence-corrected chi connectivity index (χ4v) is 2.35. The van der Waals surface area contributed by atoms with Crippen molar-refractivity contribution in [2.45, 2.75) is 25.7 Å². The third-order valence-electron chi connectivity index (χ3n) is 1.90. The Kier molecular flexibility index (Phi) is 3.33. The summed E-state index contributed by atoms with van der Waals surface area (Å²) in [6.07, 6.45) is 1.31. The Morgan fingerprint density at radius 3 is 2.14 bits per heavy atom. The highest BCUT2D eigenvalue weighted by Crippen LogP contribution is 2.20. The second-order valence-electron chi connectivity index (χ2n) is 3.16. The van der Waals surface area contributed by atoms with Gasteiger partial charge in [-0.3, -0.25) is 0 Å². The van der Waals surface area contributed by atoms with Crippen LogP contribution in [-0.2, 0) is 15.8 Å². The molecule has 0 spiro atoms. The zero-order valence-electron chi connectivity index (χ0n) is 8.33. The van der Waals surface area contributed by atoms with Crippen LogP contribution in [-0.4, -0.2) is 10.3 Å². The molecule has 1 aromatic rings. The number of rotatable bonds is 2. The Balaban J connectivity index is 3.34. The summed E-state index contributed by atoms with van der Waals surface area (Å²) in [5.41, 5.74) is 2.88. The monoisotopic (exact) mass is 209 g/mol. The molecule has 0 aliphatic rings. The number of hydrogen-bond acceptors (Lipinski definition) is 2. The number of aryl methyl sites for hydroxylation is 3. The molecule has 1 rings (SSSR count). The molecule has 0 amide bonds. The largest absolute Gasteiger partial charge is 0.250 e. The molecule has 3 nitrogen and oxygen atoms in total. The molecule has 0 aliphatic carbocycles. The molecule has 1 unspecified atom stereocenters. The maximum absolute atomic E-state index is 11.5. The highest BCUT2D eigenvalue weighted by atomic mass is 32.2. The summed E-state index contributed by atoms with van der Waals surface area (Å²) in [4.78, 5) is 10.6. The molecule has 0 fully saturated rings. The minimum atomic E-state index is -1.61. The molecule has 0 bridgehead atoms. The van der Waals surface area contributed by atoms with Crippen LogP contribution in [0.25, 0.3) is 0 Å². The van der Waals surface area contributed by atoms with Crippen LogP contribution in [0.5, 0.6) is 0 Å². The Labute approximate surface area is 85.5 Å². The summed E-state index contributed by atoms with van der Waals surface area (Å²) in [5.74, 6) is 0. The van der Waals surface area contributed by atoms with E-state index in [0.29, 0.717) is 4.90 Å². The Hall–Kier alpha value is -1.25. The Morgan fingerprint density at radius 1 is 1.21 bits per heavy atom. The minimum absolute atomic E-state index is 0.610. The van der Waals surface area contributed by atoms with Gasteiger partial charge in [0.05, 0.1) is 4.90 Å². The number of isocyanates is 1. The van der Waals surface area contributed by atoms with Crippen molar-refractivity contribution >= 4 is 17.1 Å². The van der Waals surface area contributed by atoms with E-state index in [1.165, 1.54) is 6.08 Å². The third-order valence-corrected chi connectivity index (χ3v) is 3.13. The molecule has 4 heteroatoms. The van der Waals surface area contributed by atoms with Crippen LogP contribution in [0.1, 0.15) is 16.7 Å². The summed E-state index contributed by atoms with van der Waals surface area (Å²) in [6.45, 7) is 5.68. The van der Waals surface area contributed by atoms with Crippen molar-refractivity contribution in [1.82, 2.24) is 0 Å². The first-order valence-corrected chi connectivity index (χ1v) is 5.24. The summed E-state index contributed by atoms with van der Waals surface area (Å²) < 4.78 is 14.7. The van der Waals surface area contributed by atoms with Crippen molar-refractivity contribution in [1.29, 1.82) is 0 Å². The van der Waals surface area contributed by atoms with Crippen LogP contribution in [0, 0.1) is 20.8 Å². The molecule has 74 valence electrons. The van der Waals surface area contributed by atoms with Crippen LogP contribution in [0.15, 0.2) is 21.4 Å². The van der Waals surface area contributed by atoms with Crippen LogP contribution in [0.3, 0.4) is 0 Å². The number of benzene rings is 1. The number of hydrogen-bond donors (Lipinski definition) is 0. The highest BCUT2D eigenvalue weighted by Gasteiger charge is 2.10. The average molecular weight is 209 g/mol. The molecule has 0 aromatic heterocycles. The lowest BCUT2D eigenvalue weighted by atomic mass is 10.1. The average Bonchev–Trinajstić information content (AvgIpc) is 2.01. The zero-order valence-corrected chi connectivity index (χ0v) is 9.14. The lowest BCUT2D eigenvalue weighted by Gasteiger charge is -2.06. The van der Waals surface area contributed by atoms with Crippen LogP contribution >= 0.6 is 0 Å². The van der Waals surface area contributed by atoms with E-state index in [2.05, 4.69) is 4.40 Å². The molecule has 0 aliphatic heterocycles. The van der Waals surface area contributed by atoms with Gasteiger partial charge in [0, 0.05) is 0 Å². The number of carbonyl (C=O) groups excluding carboxylic acids is 1. The summed E-state index contributed by atoms with van der Waals surface area (Å²) >= 11 is 0. The molecule has 0 heterocycles. The summed E-state index contributed by atoms with van der Waals surface area (Å²) in [5, 5.41) is 0. The topological polar surface area (TPSA) is 46.5 Å². The van der Waals surface area contributed by atoms with Gasteiger partial charge in [-0.1, -0.05) is 22.1 Å². The van der Waals surface area contributed by atoms with Crippen LogP contribution in [0.4, 0.5) is 0 Å². The fourth-order valence-electron chi connectivity index (χ4n) is 1.52. The van der Waals surface area contributed by atoms with Gasteiger partial charge in [-0.2, -0.15) is 0 Å². The van der Waals surface area contributed by atoms with Gasteiger partial charge in [0.15, 0.2) is 11.0 Å². The zero-order chi connectivity index (χ0) is 10.7. The van der Waals surface area contributed by atoms with Crippen molar-refractivity contribution in [3.63, 3.8) is 0 Å². The molecule has 0 radical (unpaired) electrons. The molecule has 0 N–H and O–H groups in total. The van der Waals surface area contributed by atoms with Gasteiger partial charge >= 0.3 is 0 Å². The first-order chi connectivity index (χ1) is 6.56. The third kappa shape index (κ3) is 2.16. The van der Waals surface area contributed by atoms with E-state index in [9.17, 15) is 9.00 Å². The van der Waals surface area contributed by atoms with Gasteiger partial charge in [-0.05, 0) is 31.9 Å². The molecule has 0 saturated carbocycles. The molecular formula is C10H11NO2S. The predicted octanol–water partition coefficient (Wildman–Crippen LogP) is 1.97. The van der Waals surface area contributed by atoms with E-state index >= 15 is 0 Å². The van der Waals surface area contributed by atoms with Crippen molar-refractivity contribution in [2.24, 2.45) is 4.40 Å². The van der Waals surface area contributed by atoms with Gasteiger partial charge in [0.25, 0.3) is 0 Å². The number of nitrogens with zero attached hydrogens (tertiary/aromatic N) is 1. The smallest absolute Gasteiger partial charge is 0.229 e. The van der Waals surface area contributed by atoms with Crippen molar-refractivity contribution in [2.75, 3.05) is 0 Å². The van der Waals surface area contributed by atoms with E-state index in [0.717, 1.165) is 16.7 Å². The van der Waals surface area contributed by atoms with Crippen molar-refractivity contribution in [3.8, 4) is 0 Å². The van der Waals surface area contributed by atoms with Gasteiger partial charge < -0.3 is 0 Å². The van der Waals surface area contributed by atoms with Crippen LogP contribution < -0.4 is 0 Å². The highest BCUT2D eigenvalue weighted by molar-refractivity contribution is 7.84. The first kappa shape index (κ1) is 10.8. The Morgan fingerprint density at radius 2 is 1.71 bits per heavy atom. The van der Waals surface area contributed by atoms with E-state index in [1.54, 1.807) is 0 Å².